The van der Waals surface area contributed by atoms with Crippen molar-refractivity contribution in [1.29, 1.82) is 0 Å². The largest absolute Gasteiger partial charge is 0.396 e. The SMILES string of the molecule is C.O=C1CC(CBr)CN1c1ccc(F)cc1.O=C1CC(CO)CN1c1ccc(F)cc1. The normalized spacial score (nSPS) is 20.4. The number of rotatable bonds is 4. The van der Waals surface area contributed by atoms with Crippen molar-refractivity contribution in [2.24, 2.45) is 11.8 Å². The van der Waals surface area contributed by atoms with Crippen molar-refractivity contribution in [1.82, 2.24) is 0 Å². The van der Waals surface area contributed by atoms with Gasteiger partial charge in [0.15, 0.2) is 0 Å². The number of hydrogen-bond donors (Lipinski definition) is 1. The van der Waals surface area contributed by atoms with Gasteiger partial charge in [0.05, 0.1) is 0 Å². The summed E-state index contributed by atoms with van der Waals surface area (Å²) in [4.78, 5) is 26.5. The van der Waals surface area contributed by atoms with E-state index >= 15 is 0 Å². The van der Waals surface area contributed by atoms with Crippen LogP contribution in [0.3, 0.4) is 0 Å². The summed E-state index contributed by atoms with van der Waals surface area (Å²) < 4.78 is 25.4. The summed E-state index contributed by atoms with van der Waals surface area (Å²) in [6, 6.07) is 11.9. The van der Waals surface area contributed by atoms with Crippen molar-refractivity contribution < 1.29 is 23.5 Å². The maximum Gasteiger partial charge on any atom is 0.227 e. The Bertz CT molecular complexity index is 804. The summed E-state index contributed by atoms with van der Waals surface area (Å²) in [5.41, 5.74) is 1.47. The first-order valence-electron chi connectivity index (χ1n) is 9.70. The van der Waals surface area contributed by atoms with E-state index in [9.17, 15) is 18.4 Å². The Kier molecular flexibility index (Phi) is 9.13. The third-order valence-electron chi connectivity index (χ3n) is 5.16. The Hall–Kier alpha value is -2.32. The van der Waals surface area contributed by atoms with E-state index < -0.39 is 0 Å². The molecule has 2 saturated heterocycles. The molecule has 0 spiro atoms. The van der Waals surface area contributed by atoms with Crippen molar-refractivity contribution in [3.05, 3.63) is 60.2 Å². The van der Waals surface area contributed by atoms with Gasteiger partial charge in [0, 0.05) is 55.2 Å². The van der Waals surface area contributed by atoms with E-state index in [-0.39, 0.29) is 43.4 Å². The van der Waals surface area contributed by atoms with E-state index in [1.807, 2.05) is 0 Å². The summed E-state index contributed by atoms with van der Waals surface area (Å²) in [6.45, 7) is 1.25. The van der Waals surface area contributed by atoms with Crippen LogP contribution in [0.1, 0.15) is 20.3 Å². The molecule has 2 amide bonds. The number of carbonyl (C=O) groups excluding carboxylic acids is 2. The van der Waals surface area contributed by atoms with Crippen LogP contribution in [0.2, 0.25) is 0 Å². The highest BCUT2D eigenvalue weighted by Crippen LogP contribution is 2.26. The second-order valence-electron chi connectivity index (χ2n) is 7.44. The quantitative estimate of drug-likeness (QED) is 0.638. The Morgan fingerprint density at radius 3 is 1.52 bits per heavy atom. The molecule has 2 fully saturated rings. The van der Waals surface area contributed by atoms with Gasteiger partial charge < -0.3 is 14.9 Å². The van der Waals surface area contributed by atoms with Crippen molar-refractivity contribution in [3.8, 4) is 0 Å². The fourth-order valence-electron chi connectivity index (χ4n) is 3.53. The minimum absolute atomic E-state index is 0. The van der Waals surface area contributed by atoms with Crippen LogP contribution in [0.5, 0.6) is 0 Å². The van der Waals surface area contributed by atoms with Gasteiger partial charge in [-0.3, -0.25) is 9.59 Å². The number of hydrogen-bond acceptors (Lipinski definition) is 3. The number of anilines is 2. The Morgan fingerprint density at radius 1 is 0.806 bits per heavy atom. The van der Waals surface area contributed by atoms with Gasteiger partial charge in [0.25, 0.3) is 0 Å². The fourth-order valence-corrected chi connectivity index (χ4v) is 3.96. The molecule has 2 unspecified atom stereocenters. The smallest absolute Gasteiger partial charge is 0.227 e. The highest BCUT2D eigenvalue weighted by molar-refractivity contribution is 9.09. The molecule has 0 saturated carbocycles. The summed E-state index contributed by atoms with van der Waals surface area (Å²) in [6.07, 6.45) is 0.941. The lowest BCUT2D eigenvalue weighted by atomic mass is 10.1. The van der Waals surface area contributed by atoms with Crippen LogP contribution < -0.4 is 9.80 Å². The number of alkyl halides is 1. The molecule has 31 heavy (non-hydrogen) atoms. The monoisotopic (exact) mass is 496 g/mol. The van der Waals surface area contributed by atoms with Crippen LogP contribution in [-0.2, 0) is 9.59 Å². The van der Waals surface area contributed by atoms with Crippen LogP contribution in [0.4, 0.5) is 20.2 Å². The molecule has 2 aliphatic heterocycles. The number of carbonyl (C=O) groups is 2. The number of benzene rings is 2. The molecule has 2 heterocycles. The van der Waals surface area contributed by atoms with Gasteiger partial charge in [-0.2, -0.15) is 0 Å². The molecule has 2 aliphatic rings. The van der Waals surface area contributed by atoms with Gasteiger partial charge in [-0.25, -0.2) is 8.78 Å². The lowest BCUT2D eigenvalue weighted by Crippen LogP contribution is -2.24. The van der Waals surface area contributed by atoms with Crippen LogP contribution in [0.25, 0.3) is 0 Å². The lowest BCUT2D eigenvalue weighted by Gasteiger charge is -2.16. The molecule has 0 radical (unpaired) electrons. The lowest BCUT2D eigenvalue weighted by molar-refractivity contribution is -0.118. The second kappa shape index (κ2) is 11.3. The summed E-state index contributed by atoms with van der Waals surface area (Å²) in [5, 5.41) is 9.78. The highest BCUT2D eigenvalue weighted by Gasteiger charge is 2.30. The molecular weight excluding hydrogens is 470 g/mol. The molecular formula is C23H27BrF2N2O3. The van der Waals surface area contributed by atoms with E-state index in [2.05, 4.69) is 15.9 Å². The Balaban J connectivity index is 0.000000213. The van der Waals surface area contributed by atoms with Gasteiger partial charge in [-0.05, 0) is 54.4 Å². The Morgan fingerprint density at radius 2 is 1.19 bits per heavy atom. The van der Waals surface area contributed by atoms with Crippen LogP contribution in [0, 0.1) is 23.5 Å². The van der Waals surface area contributed by atoms with Crippen molar-refractivity contribution in [2.75, 3.05) is 34.8 Å². The Labute approximate surface area is 189 Å². The molecule has 8 heteroatoms. The van der Waals surface area contributed by atoms with E-state index in [1.54, 1.807) is 34.1 Å². The van der Waals surface area contributed by atoms with E-state index in [0.717, 1.165) is 17.6 Å². The highest BCUT2D eigenvalue weighted by atomic mass is 79.9. The van der Waals surface area contributed by atoms with Gasteiger partial charge in [0.2, 0.25) is 11.8 Å². The molecule has 0 bridgehead atoms. The van der Waals surface area contributed by atoms with Gasteiger partial charge in [-0.15, -0.1) is 0 Å². The second-order valence-corrected chi connectivity index (χ2v) is 8.09. The topological polar surface area (TPSA) is 60.9 Å². The van der Waals surface area contributed by atoms with Crippen LogP contribution in [0.15, 0.2) is 48.5 Å². The zero-order chi connectivity index (χ0) is 21.7. The number of aliphatic hydroxyl groups excluding tert-OH is 1. The van der Waals surface area contributed by atoms with Gasteiger partial charge in [0.1, 0.15) is 11.6 Å². The number of aliphatic hydroxyl groups is 1. The first kappa shape index (κ1) is 24.9. The zero-order valence-electron chi connectivity index (χ0n) is 16.3. The standard InChI is InChI=1S/C11H11BrFNO.C11H12FNO2.CH4/c12-6-8-5-11(15)14(7-8)10-3-1-9(13)2-4-10;12-9-1-3-10(4-2-9)13-6-8(7-14)5-11(13)15;/h1-4,8H,5-7H2;1-4,8,14H,5-7H2;1H4. The first-order valence-corrected chi connectivity index (χ1v) is 10.8. The molecule has 5 nitrogen and oxygen atoms in total. The summed E-state index contributed by atoms with van der Waals surface area (Å²) in [7, 11) is 0. The zero-order valence-corrected chi connectivity index (χ0v) is 17.9. The number of halogens is 3. The molecule has 168 valence electrons. The molecule has 4 rings (SSSR count). The molecule has 1 N–H and O–H groups in total. The summed E-state index contributed by atoms with van der Waals surface area (Å²) in [5.74, 6) is -0.122. The average Bonchev–Trinajstić information content (AvgIpc) is 3.32. The maximum atomic E-state index is 12.7. The van der Waals surface area contributed by atoms with E-state index in [0.29, 0.717) is 31.0 Å². The van der Waals surface area contributed by atoms with Crippen LogP contribution in [-0.4, -0.2) is 41.9 Å². The molecule has 2 atom stereocenters. The maximum absolute atomic E-state index is 12.7. The van der Waals surface area contributed by atoms with E-state index in [4.69, 9.17) is 5.11 Å². The first-order chi connectivity index (χ1) is 14.4. The molecule has 2 aromatic carbocycles. The van der Waals surface area contributed by atoms with Crippen molar-refractivity contribution >= 4 is 39.1 Å². The number of nitrogens with zero attached hydrogens (tertiary/aromatic N) is 2. The van der Waals surface area contributed by atoms with Crippen molar-refractivity contribution in [3.63, 3.8) is 0 Å². The van der Waals surface area contributed by atoms with Gasteiger partial charge in [-0.1, -0.05) is 23.4 Å². The molecule has 0 aliphatic carbocycles. The molecule has 2 aromatic rings. The summed E-state index contributed by atoms with van der Waals surface area (Å²) >= 11 is 3.38. The average molecular weight is 497 g/mol. The predicted octanol–water partition coefficient (Wildman–Crippen LogP) is 4.38. The fraction of sp³-hybridized carbons (Fsp3) is 0.391. The third-order valence-corrected chi connectivity index (χ3v) is 6.08. The van der Waals surface area contributed by atoms with Crippen molar-refractivity contribution in [2.45, 2.75) is 20.3 Å². The number of amides is 2. The van der Waals surface area contributed by atoms with Gasteiger partial charge >= 0.3 is 0 Å². The minimum atomic E-state index is -0.316. The minimum Gasteiger partial charge on any atom is -0.396 e. The van der Waals surface area contributed by atoms with Crippen LogP contribution >= 0.6 is 15.9 Å². The van der Waals surface area contributed by atoms with E-state index in [1.165, 1.54) is 24.3 Å². The predicted molar refractivity (Wildman–Crippen MR) is 121 cm³/mol. The third kappa shape index (κ3) is 6.33. The molecule has 0 aromatic heterocycles.